The second kappa shape index (κ2) is 10.2. The summed E-state index contributed by atoms with van der Waals surface area (Å²) in [4.78, 5) is 26.3. The van der Waals surface area contributed by atoms with Crippen LogP contribution in [0, 0.1) is 27.2 Å². The summed E-state index contributed by atoms with van der Waals surface area (Å²) in [6, 6.07) is 20.5. The Morgan fingerprint density at radius 1 is 0.714 bits per heavy atom. The molecule has 0 aliphatic heterocycles. The Labute approximate surface area is 208 Å². The highest BCUT2D eigenvalue weighted by atomic mass is 79.9. The van der Waals surface area contributed by atoms with Crippen LogP contribution in [0.3, 0.4) is 0 Å². The summed E-state index contributed by atoms with van der Waals surface area (Å²) in [5.74, 6) is 0. The van der Waals surface area contributed by atoms with Gasteiger partial charge in [0.2, 0.25) is 0 Å². The van der Waals surface area contributed by atoms with E-state index in [1.807, 2.05) is 43.3 Å². The lowest BCUT2D eigenvalue weighted by Gasteiger charge is -2.15. The van der Waals surface area contributed by atoms with Gasteiger partial charge in [-0.3, -0.25) is 25.2 Å². The van der Waals surface area contributed by atoms with Gasteiger partial charge in [-0.1, -0.05) is 28.1 Å². The average molecular weight is 535 g/mol. The quantitative estimate of drug-likeness (QED) is 0.159. The molecule has 0 fully saturated rings. The van der Waals surface area contributed by atoms with Crippen molar-refractivity contribution in [3.05, 3.63) is 109 Å². The molecular formula is C24H19BrN6O4. The molecule has 0 saturated heterocycles. The molecule has 10 nitrogen and oxygen atoms in total. The largest absolute Gasteiger partial charge is 0.354 e. The van der Waals surface area contributed by atoms with E-state index in [0.717, 1.165) is 21.9 Å². The number of pyridine rings is 1. The number of anilines is 6. The fourth-order valence-electron chi connectivity index (χ4n) is 3.31. The maximum atomic E-state index is 11.8. The van der Waals surface area contributed by atoms with E-state index < -0.39 is 21.2 Å². The minimum Gasteiger partial charge on any atom is -0.354 e. The number of aromatic nitrogens is 1. The number of para-hydroxylation sites is 2. The first-order chi connectivity index (χ1) is 16.8. The fourth-order valence-corrected chi connectivity index (χ4v) is 3.58. The van der Waals surface area contributed by atoms with Crippen molar-refractivity contribution in [3.8, 4) is 0 Å². The van der Waals surface area contributed by atoms with Gasteiger partial charge in [0.25, 0.3) is 11.4 Å². The summed E-state index contributed by atoms with van der Waals surface area (Å²) in [5.41, 5.74) is 2.65. The maximum absolute atomic E-state index is 11.8. The molecule has 3 aromatic carbocycles. The molecule has 0 aliphatic carbocycles. The van der Waals surface area contributed by atoms with Crippen molar-refractivity contribution in [2.75, 3.05) is 16.0 Å². The Morgan fingerprint density at radius 3 is 1.83 bits per heavy atom. The molecule has 0 bridgehead atoms. The molecule has 11 heteroatoms. The molecule has 0 saturated carbocycles. The molecule has 176 valence electrons. The number of nitrogens with one attached hydrogen (secondary N) is 3. The summed E-state index contributed by atoms with van der Waals surface area (Å²) < 4.78 is 0.930. The zero-order valence-corrected chi connectivity index (χ0v) is 19.9. The highest BCUT2D eigenvalue weighted by Crippen LogP contribution is 2.40. The fraction of sp³-hybridized carbons (Fsp3) is 0.0417. The van der Waals surface area contributed by atoms with Crippen LogP contribution >= 0.6 is 15.9 Å². The van der Waals surface area contributed by atoms with Crippen LogP contribution in [0.15, 0.2) is 83.5 Å². The molecule has 1 aromatic heterocycles. The highest BCUT2D eigenvalue weighted by molar-refractivity contribution is 9.10. The van der Waals surface area contributed by atoms with Gasteiger partial charge in [0.1, 0.15) is 11.4 Å². The summed E-state index contributed by atoms with van der Waals surface area (Å²) >= 11 is 3.40. The van der Waals surface area contributed by atoms with Gasteiger partial charge in [0.15, 0.2) is 0 Å². The van der Waals surface area contributed by atoms with Gasteiger partial charge in [-0.25, -0.2) is 0 Å². The molecule has 35 heavy (non-hydrogen) atoms. The van der Waals surface area contributed by atoms with E-state index in [2.05, 4.69) is 36.9 Å². The molecule has 0 atom stereocenters. The number of nitro benzene ring substituents is 2. The molecule has 0 amide bonds. The van der Waals surface area contributed by atoms with Crippen molar-refractivity contribution in [2.24, 2.45) is 0 Å². The average Bonchev–Trinajstić information content (AvgIpc) is 2.83. The summed E-state index contributed by atoms with van der Waals surface area (Å²) in [6.45, 7) is 1.82. The standard InChI is InChI=1S/C24H19BrN6O4/c1-15-6-9-18(14-26-15)28-21-12-22(24(31(34)35)13-23(21)30(32)33)29-20-5-3-2-4-19(20)27-17-10-7-16(25)8-11-17/h2-14,27-29H,1H3. The van der Waals surface area contributed by atoms with E-state index in [9.17, 15) is 20.2 Å². The van der Waals surface area contributed by atoms with Gasteiger partial charge < -0.3 is 16.0 Å². The van der Waals surface area contributed by atoms with Crippen molar-refractivity contribution < 1.29 is 9.85 Å². The second-order valence-electron chi connectivity index (χ2n) is 7.52. The minimum atomic E-state index is -0.663. The van der Waals surface area contributed by atoms with Crippen LogP contribution in [0.1, 0.15) is 5.69 Å². The third-order valence-corrected chi connectivity index (χ3v) is 5.55. The van der Waals surface area contributed by atoms with Crippen molar-refractivity contribution in [1.29, 1.82) is 0 Å². The second-order valence-corrected chi connectivity index (χ2v) is 8.43. The highest BCUT2D eigenvalue weighted by Gasteiger charge is 2.25. The molecule has 4 rings (SSSR count). The van der Waals surface area contributed by atoms with E-state index in [1.165, 1.54) is 12.3 Å². The van der Waals surface area contributed by atoms with Crippen LogP contribution in [-0.2, 0) is 0 Å². The summed E-state index contributed by atoms with van der Waals surface area (Å²) in [7, 11) is 0. The molecule has 0 aliphatic rings. The number of hydrogen-bond acceptors (Lipinski definition) is 8. The predicted molar refractivity (Wildman–Crippen MR) is 139 cm³/mol. The number of aryl methyl sites for hydroxylation is 1. The predicted octanol–water partition coefficient (Wildman–Crippen LogP) is 7.20. The van der Waals surface area contributed by atoms with E-state index in [1.54, 1.807) is 24.3 Å². The first-order valence-electron chi connectivity index (χ1n) is 10.4. The van der Waals surface area contributed by atoms with E-state index in [-0.39, 0.29) is 11.4 Å². The van der Waals surface area contributed by atoms with E-state index in [4.69, 9.17) is 0 Å². The van der Waals surface area contributed by atoms with Gasteiger partial charge in [-0.15, -0.1) is 0 Å². The normalized spacial score (nSPS) is 10.5. The number of hydrogen-bond donors (Lipinski definition) is 3. The lowest BCUT2D eigenvalue weighted by molar-refractivity contribution is -0.393. The van der Waals surface area contributed by atoms with Crippen molar-refractivity contribution >= 4 is 61.4 Å². The molecule has 0 unspecified atom stereocenters. The molecule has 1 heterocycles. The lowest BCUT2D eigenvalue weighted by Crippen LogP contribution is -2.04. The van der Waals surface area contributed by atoms with E-state index >= 15 is 0 Å². The van der Waals surface area contributed by atoms with Crippen LogP contribution in [0.5, 0.6) is 0 Å². The van der Waals surface area contributed by atoms with Gasteiger partial charge in [-0.05, 0) is 61.5 Å². The first-order valence-corrected chi connectivity index (χ1v) is 11.1. The Hall–Kier alpha value is -4.51. The minimum absolute atomic E-state index is 0.0899. The Morgan fingerprint density at radius 2 is 1.26 bits per heavy atom. The lowest BCUT2D eigenvalue weighted by atomic mass is 10.1. The van der Waals surface area contributed by atoms with E-state index in [0.29, 0.717) is 17.1 Å². The van der Waals surface area contributed by atoms with Gasteiger partial charge in [-0.2, -0.15) is 0 Å². The molecule has 3 N–H and O–H groups in total. The monoisotopic (exact) mass is 534 g/mol. The summed E-state index contributed by atoms with van der Waals surface area (Å²) in [6.07, 6.45) is 1.53. The Bertz CT molecular complexity index is 1390. The Kier molecular flexibility index (Phi) is 6.88. The van der Waals surface area contributed by atoms with Crippen LogP contribution in [0.2, 0.25) is 0 Å². The summed E-state index contributed by atoms with van der Waals surface area (Å²) in [5, 5.41) is 32.8. The number of rotatable bonds is 8. The number of benzene rings is 3. The van der Waals surface area contributed by atoms with Crippen molar-refractivity contribution in [2.45, 2.75) is 6.92 Å². The third-order valence-electron chi connectivity index (χ3n) is 5.02. The first kappa shape index (κ1) is 23.6. The topological polar surface area (TPSA) is 135 Å². The zero-order valence-electron chi connectivity index (χ0n) is 18.4. The van der Waals surface area contributed by atoms with Crippen LogP contribution in [-0.4, -0.2) is 14.8 Å². The molecular weight excluding hydrogens is 516 g/mol. The SMILES string of the molecule is Cc1ccc(Nc2cc(Nc3ccccc3Nc3ccc(Br)cc3)c([N+](=O)[O-])cc2[N+](=O)[O-])cn1. The maximum Gasteiger partial charge on any atom is 0.299 e. The molecule has 0 spiro atoms. The van der Waals surface area contributed by atoms with Crippen molar-refractivity contribution in [1.82, 2.24) is 4.98 Å². The smallest absolute Gasteiger partial charge is 0.299 e. The number of nitro groups is 2. The van der Waals surface area contributed by atoms with Crippen LogP contribution in [0.4, 0.5) is 45.5 Å². The van der Waals surface area contributed by atoms with Gasteiger partial charge >= 0.3 is 0 Å². The molecule has 4 aromatic rings. The van der Waals surface area contributed by atoms with Crippen molar-refractivity contribution in [3.63, 3.8) is 0 Å². The van der Waals surface area contributed by atoms with Gasteiger partial charge in [0.05, 0.1) is 39.2 Å². The number of nitrogens with zero attached hydrogens (tertiary/aromatic N) is 3. The van der Waals surface area contributed by atoms with Gasteiger partial charge in [0, 0.05) is 15.9 Å². The zero-order chi connectivity index (χ0) is 24.9. The van der Waals surface area contributed by atoms with Crippen LogP contribution < -0.4 is 16.0 Å². The molecule has 0 radical (unpaired) electrons. The van der Waals surface area contributed by atoms with Crippen LogP contribution in [0.25, 0.3) is 0 Å². The third kappa shape index (κ3) is 5.71. The Balaban J connectivity index is 1.73. The number of halogens is 1.